The summed E-state index contributed by atoms with van der Waals surface area (Å²) in [4.78, 5) is 22.5. The molecule has 100 valence electrons. The lowest BCUT2D eigenvalue weighted by Crippen LogP contribution is -2.40. The van der Waals surface area contributed by atoms with E-state index in [1.54, 1.807) is 6.92 Å². The molecule has 17 heavy (non-hydrogen) atoms. The van der Waals surface area contributed by atoms with Crippen molar-refractivity contribution in [2.24, 2.45) is 5.92 Å². The van der Waals surface area contributed by atoms with Gasteiger partial charge in [-0.25, -0.2) is 4.79 Å². The van der Waals surface area contributed by atoms with Crippen LogP contribution in [-0.2, 0) is 9.59 Å². The summed E-state index contributed by atoms with van der Waals surface area (Å²) >= 11 is 0. The molecule has 0 spiro atoms. The van der Waals surface area contributed by atoms with Crippen molar-refractivity contribution in [2.45, 2.75) is 65.3 Å². The second-order valence-electron chi connectivity index (χ2n) is 4.49. The van der Waals surface area contributed by atoms with Gasteiger partial charge in [0.1, 0.15) is 6.04 Å². The molecular weight excluding hydrogens is 218 g/mol. The molecule has 0 radical (unpaired) electrons. The van der Waals surface area contributed by atoms with Crippen molar-refractivity contribution in [3.8, 4) is 0 Å². The van der Waals surface area contributed by atoms with Crippen LogP contribution in [-0.4, -0.2) is 23.0 Å². The maximum atomic E-state index is 11.7. The van der Waals surface area contributed by atoms with Gasteiger partial charge in [-0.2, -0.15) is 0 Å². The lowest BCUT2D eigenvalue weighted by molar-refractivity contribution is -0.142. The highest BCUT2D eigenvalue weighted by molar-refractivity contribution is 5.83. The Balaban J connectivity index is 4.08. The third-order valence-corrected chi connectivity index (χ3v) is 3.06. The summed E-state index contributed by atoms with van der Waals surface area (Å²) in [5, 5.41) is 11.4. The van der Waals surface area contributed by atoms with Crippen LogP contribution in [0.3, 0.4) is 0 Å². The molecule has 0 saturated carbocycles. The van der Waals surface area contributed by atoms with E-state index in [2.05, 4.69) is 19.2 Å². The minimum Gasteiger partial charge on any atom is -0.480 e. The number of carbonyl (C=O) groups is 2. The predicted octanol–water partition coefficient (Wildman–Crippen LogP) is 2.57. The van der Waals surface area contributed by atoms with Crippen LogP contribution >= 0.6 is 0 Å². The quantitative estimate of drug-likeness (QED) is 0.654. The Morgan fingerprint density at radius 2 is 1.82 bits per heavy atom. The number of carbonyl (C=O) groups excluding carboxylic acids is 1. The van der Waals surface area contributed by atoms with Crippen LogP contribution in [0.2, 0.25) is 0 Å². The van der Waals surface area contributed by atoms with Crippen molar-refractivity contribution < 1.29 is 14.7 Å². The number of amides is 1. The Kier molecular flexibility index (Phi) is 8.46. The van der Waals surface area contributed by atoms with Gasteiger partial charge in [0.2, 0.25) is 5.91 Å². The lowest BCUT2D eigenvalue weighted by atomic mass is 9.95. The number of rotatable bonds is 9. The topological polar surface area (TPSA) is 66.4 Å². The number of hydrogen-bond acceptors (Lipinski definition) is 2. The number of nitrogens with one attached hydrogen (secondary N) is 1. The van der Waals surface area contributed by atoms with Crippen LogP contribution in [0.15, 0.2) is 0 Å². The number of unbranched alkanes of at least 4 members (excludes halogenated alkanes) is 1. The Bertz CT molecular complexity index is 241. The normalized spacial score (nSPS) is 14.1. The zero-order valence-electron chi connectivity index (χ0n) is 11.2. The maximum Gasteiger partial charge on any atom is 0.326 e. The van der Waals surface area contributed by atoms with Gasteiger partial charge in [0.15, 0.2) is 0 Å². The van der Waals surface area contributed by atoms with Crippen LogP contribution in [0.1, 0.15) is 59.3 Å². The smallest absolute Gasteiger partial charge is 0.326 e. The Hall–Kier alpha value is -1.06. The molecule has 0 saturated heterocycles. The van der Waals surface area contributed by atoms with Crippen LogP contribution < -0.4 is 5.32 Å². The molecule has 0 aliphatic carbocycles. The van der Waals surface area contributed by atoms with E-state index in [9.17, 15) is 9.59 Å². The monoisotopic (exact) mass is 243 g/mol. The summed E-state index contributed by atoms with van der Waals surface area (Å²) in [5.41, 5.74) is 0. The zero-order chi connectivity index (χ0) is 13.3. The summed E-state index contributed by atoms with van der Waals surface area (Å²) in [7, 11) is 0. The molecule has 0 aromatic heterocycles. The fourth-order valence-corrected chi connectivity index (χ4v) is 1.80. The van der Waals surface area contributed by atoms with E-state index in [-0.39, 0.29) is 5.91 Å². The summed E-state index contributed by atoms with van der Waals surface area (Å²) in [6, 6.07) is -0.744. The molecule has 0 heterocycles. The number of carboxylic acid groups (broad SMARTS) is 1. The van der Waals surface area contributed by atoms with E-state index < -0.39 is 12.0 Å². The minimum atomic E-state index is -0.956. The van der Waals surface area contributed by atoms with Crippen molar-refractivity contribution >= 4 is 11.9 Å². The molecule has 0 bridgehead atoms. The SMILES string of the molecule is CCCCC(CC)CC(=O)NC(CC)C(=O)O. The van der Waals surface area contributed by atoms with Crippen LogP contribution in [0, 0.1) is 5.92 Å². The highest BCUT2D eigenvalue weighted by Crippen LogP contribution is 2.16. The van der Waals surface area contributed by atoms with E-state index in [0.717, 1.165) is 25.7 Å². The average molecular weight is 243 g/mol. The Morgan fingerprint density at radius 3 is 2.24 bits per heavy atom. The number of hydrogen-bond donors (Lipinski definition) is 2. The molecule has 0 rings (SSSR count). The first-order valence-electron chi connectivity index (χ1n) is 6.57. The molecule has 0 aliphatic rings. The number of carboxylic acids is 1. The fraction of sp³-hybridized carbons (Fsp3) is 0.846. The first-order chi connectivity index (χ1) is 8.04. The minimum absolute atomic E-state index is 0.137. The van der Waals surface area contributed by atoms with Gasteiger partial charge in [0.05, 0.1) is 0 Å². The van der Waals surface area contributed by atoms with Gasteiger partial charge in [-0.05, 0) is 18.8 Å². The van der Waals surface area contributed by atoms with Crippen molar-refractivity contribution in [3.05, 3.63) is 0 Å². The lowest BCUT2D eigenvalue weighted by Gasteiger charge is -2.16. The first kappa shape index (κ1) is 15.9. The second-order valence-corrected chi connectivity index (χ2v) is 4.49. The third kappa shape index (κ3) is 6.97. The molecular formula is C13H25NO3. The summed E-state index contributed by atoms with van der Waals surface area (Å²) in [5.74, 6) is -0.717. The summed E-state index contributed by atoms with van der Waals surface area (Å²) in [6.45, 7) is 5.96. The van der Waals surface area contributed by atoms with Crippen molar-refractivity contribution in [1.29, 1.82) is 0 Å². The molecule has 0 aromatic rings. The van der Waals surface area contributed by atoms with E-state index in [1.807, 2.05) is 0 Å². The summed E-state index contributed by atoms with van der Waals surface area (Å²) in [6.07, 6.45) is 5.14. The van der Waals surface area contributed by atoms with E-state index in [1.165, 1.54) is 0 Å². The van der Waals surface area contributed by atoms with Gasteiger partial charge in [0, 0.05) is 6.42 Å². The van der Waals surface area contributed by atoms with Crippen molar-refractivity contribution in [2.75, 3.05) is 0 Å². The molecule has 2 atom stereocenters. The van der Waals surface area contributed by atoms with E-state index in [0.29, 0.717) is 18.8 Å². The molecule has 4 nitrogen and oxygen atoms in total. The fourth-order valence-electron chi connectivity index (χ4n) is 1.80. The van der Waals surface area contributed by atoms with Crippen LogP contribution in [0.25, 0.3) is 0 Å². The van der Waals surface area contributed by atoms with Gasteiger partial charge in [-0.15, -0.1) is 0 Å². The summed E-state index contributed by atoms with van der Waals surface area (Å²) < 4.78 is 0. The molecule has 4 heteroatoms. The van der Waals surface area contributed by atoms with Crippen LogP contribution in [0.5, 0.6) is 0 Å². The van der Waals surface area contributed by atoms with Gasteiger partial charge in [0.25, 0.3) is 0 Å². The molecule has 2 N–H and O–H groups in total. The van der Waals surface area contributed by atoms with Gasteiger partial charge in [-0.1, -0.05) is 40.0 Å². The van der Waals surface area contributed by atoms with Crippen LogP contribution in [0.4, 0.5) is 0 Å². The molecule has 0 aliphatic heterocycles. The molecule has 0 aromatic carbocycles. The average Bonchev–Trinajstić information content (AvgIpc) is 2.30. The largest absolute Gasteiger partial charge is 0.480 e. The van der Waals surface area contributed by atoms with Crippen molar-refractivity contribution in [1.82, 2.24) is 5.32 Å². The standard InChI is InChI=1S/C13H25NO3/c1-4-7-8-10(5-2)9-12(15)14-11(6-3)13(16)17/h10-11H,4-9H2,1-3H3,(H,14,15)(H,16,17). The first-order valence-corrected chi connectivity index (χ1v) is 6.57. The Morgan fingerprint density at radius 1 is 1.18 bits per heavy atom. The highest BCUT2D eigenvalue weighted by atomic mass is 16.4. The van der Waals surface area contributed by atoms with E-state index in [4.69, 9.17) is 5.11 Å². The molecule has 0 fully saturated rings. The second kappa shape index (κ2) is 9.02. The van der Waals surface area contributed by atoms with E-state index >= 15 is 0 Å². The number of aliphatic carboxylic acids is 1. The zero-order valence-corrected chi connectivity index (χ0v) is 11.2. The molecule has 1 amide bonds. The van der Waals surface area contributed by atoms with Gasteiger partial charge >= 0.3 is 5.97 Å². The third-order valence-electron chi connectivity index (χ3n) is 3.06. The predicted molar refractivity (Wildman–Crippen MR) is 67.8 cm³/mol. The maximum absolute atomic E-state index is 11.7. The van der Waals surface area contributed by atoms with Gasteiger partial charge in [-0.3, -0.25) is 4.79 Å². The highest BCUT2D eigenvalue weighted by Gasteiger charge is 2.19. The Labute approximate surface area is 104 Å². The van der Waals surface area contributed by atoms with Crippen molar-refractivity contribution in [3.63, 3.8) is 0 Å². The molecule has 2 unspecified atom stereocenters. The van der Waals surface area contributed by atoms with Gasteiger partial charge < -0.3 is 10.4 Å².